The highest BCUT2D eigenvalue weighted by Crippen LogP contribution is 2.34. The summed E-state index contributed by atoms with van der Waals surface area (Å²) in [5.41, 5.74) is 3.11. The van der Waals surface area contributed by atoms with Crippen molar-refractivity contribution >= 4 is 0 Å². The molecule has 0 aromatic heterocycles. The molecule has 2 atom stereocenters. The number of hydrogen-bond acceptors (Lipinski definition) is 1. The lowest BCUT2D eigenvalue weighted by Crippen LogP contribution is -2.32. The van der Waals surface area contributed by atoms with E-state index in [1.165, 1.54) is 81.8 Å². The molecule has 0 radical (unpaired) electrons. The summed E-state index contributed by atoms with van der Waals surface area (Å²) in [4.78, 5) is 0. The summed E-state index contributed by atoms with van der Waals surface area (Å²) < 4.78 is 0. The second-order valence-corrected chi connectivity index (χ2v) is 11.1. The van der Waals surface area contributed by atoms with Gasteiger partial charge in [-0.25, -0.2) is 0 Å². The summed E-state index contributed by atoms with van der Waals surface area (Å²) in [5, 5.41) is 3.83. The van der Waals surface area contributed by atoms with Crippen LogP contribution in [0.15, 0.2) is 24.3 Å². The first-order chi connectivity index (χ1) is 13.4. The SMILES string of the molecule is CC1CCCC(CCCC2CCC(NCc3ccc(C(C)(C)C)cc3)CC2)C1. The summed E-state index contributed by atoms with van der Waals surface area (Å²) in [6.07, 6.45) is 16.1. The minimum absolute atomic E-state index is 0.250. The Labute approximate surface area is 175 Å². The highest BCUT2D eigenvalue weighted by molar-refractivity contribution is 5.27. The van der Waals surface area contributed by atoms with Crippen molar-refractivity contribution in [1.29, 1.82) is 0 Å². The molecule has 3 rings (SSSR count). The largest absolute Gasteiger partial charge is 0.310 e. The highest BCUT2D eigenvalue weighted by Gasteiger charge is 2.22. The molecule has 0 saturated heterocycles. The number of benzene rings is 1. The van der Waals surface area contributed by atoms with E-state index in [0.29, 0.717) is 0 Å². The van der Waals surface area contributed by atoms with E-state index in [1.807, 2.05) is 0 Å². The van der Waals surface area contributed by atoms with Crippen LogP contribution in [0.3, 0.4) is 0 Å². The van der Waals surface area contributed by atoms with E-state index in [1.54, 1.807) is 0 Å². The van der Waals surface area contributed by atoms with E-state index in [0.717, 1.165) is 30.3 Å². The normalized spacial score (nSPS) is 29.0. The van der Waals surface area contributed by atoms with E-state index in [9.17, 15) is 0 Å². The lowest BCUT2D eigenvalue weighted by molar-refractivity contribution is 0.240. The van der Waals surface area contributed by atoms with Crippen LogP contribution in [-0.2, 0) is 12.0 Å². The standard InChI is InChI=1S/C27H45N/c1-21-7-5-9-23(19-21)10-6-8-22-13-17-26(18-14-22)28-20-24-11-15-25(16-12-24)27(2,3)4/h11-12,15-16,21-23,26,28H,5-10,13-14,17-20H2,1-4H3. The van der Waals surface area contributed by atoms with E-state index in [4.69, 9.17) is 0 Å². The predicted molar refractivity (Wildman–Crippen MR) is 123 cm³/mol. The first kappa shape index (κ1) is 21.9. The van der Waals surface area contributed by atoms with Crippen molar-refractivity contribution < 1.29 is 0 Å². The van der Waals surface area contributed by atoms with Crippen LogP contribution in [-0.4, -0.2) is 6.04 Å². The number of nitrogens with one attached hydrogen (secondary N) is 1. The minimum Gasteiger partial charge on any atom is -0.310 e. The molecule has 1 aromatic carbocycles. The fourth-order valence-electron chi connectivity index (χ4n) is 5.56. The molecule has 2 aliphatic carbocycles. The van der Waals surface area contributed by atoms with Gasteiger partial charge < -0.3 is 5.32 Å². The zero-order valence-electron chi connectivity index (χ0n) is 19.1. The van der Waals surface area contributed by atoms with Gasteiger partial charge in [-0.2, -0.15) is 0 Å². The summed E-state index contributed by atoms with van der Waals surface area (Å²) >= 11 is 0. The Morgan fingerprint density at radius 3 is 2.18 bits per heavy atom. The lowest BCUT2D eigenvalue weighted by Gasteiger charge is -2.30. The van der Waals surface area contributed by atoms with Gasteiger partial charge in [-0.1, -0.05) is 90.5 Å². The Bertz CT molecular complexity index is 559. The Hall–Kier alpha value is -0.820. The molecule has 2 saturated carbocycles. The van der Waals surface area contributed by atoms with Gasteiger partial charge in [0.15, 0.2) is 0 Å². The monoisotopic (exact) mass is 383 g/mol. The topological polar surface area (TPSA) is 12.0 Å². The van der Waals surface area contributed by atoms with Crippen LogP contribution in [0.5, 0.6) is 0 Å². The molecule has 1 heteroatoms. The van der Waals surface area contributed by atoms with Gasteiger partial charge in [0.05, 0.1) is 0 Å². The third-order valence-corrected chi connectivity index (χ3v) is 7.53. The lowest BCUT2D eigenvalue weighted by atomic mass is 9.78. The Morgan fingerprint density at radius 2 is 1.54 bits per heavy atom. The molecule has 2 aliphatic rings. The van der Waals surface area contributed by atoms with Crippen LogP contribution < -0.4 is 5.32 Å². The molecule has 0 amide bonds. The van der Waals surface area contributed by atoms with Crippen LogP contribution >= 0.6 is 0 Å². The van der Waals surface area contributed by atoms with Crippen LogP contribution in [0.4, 0.5) is 0 Å². The van der Waals surface area contributed by atoms with E-state index >= 15 is 0 Å². The maximum Gasteiger partial charge on any atom is 0.0208 e. The molecule has 158 valence electrons. The third kappa shape index (κ3) is 6.90. The van der Waals surface area contributed by atoms with Crippen molar-refractivity contribution in [2.45, 2.75) is 116 Å². The van der Waals surface area contributed by atoms with Crippen LogP contribution in [0.25, 0.3) is 0 Å². The highest BCUT2D eigenvalue weighted by atomic mass is 14.9. The number of rotatable bonds is 7. The third-order valence-electron chi connectivity index (χ3n) is 7.53. The summed E-state index contributed by atoms with van der Waals surface area (Å²) in [7, 11) is 0. The summed E-state index contributed by atoms with van der Waals surface area (Å²) in [5.74, 6) is 3.04. The van der Waals surface area contributed by atoms with Gasteiger partial charge in [-0.05, 0) is 66.4 Å². The van der Waals surface area contributed by atoms with Gasteiger partial charge in [-0.15, -0.1) is 0 Å². The van der Waals surface area contributed by atoms with Crippen molar-refractivity contribution in [2.24, 2.45) is 17.8 Å². The molecule has 1 aromatic rings. The maximum atomic E-state index is 3.83. The zero-order chi connectivity index (χ0) is 20.0. The van der Waals surface area contributed by atoms with Crippen LogP contribution in [0.2, 0.25) is 0 Å². The Kier molecular flexibility index (Phi) is 8.03. The van der Waals surface area contributed by atoms with Crippen LogP contribution in [0, 0.1) is 17.8 Å². The Morgan fingerprint density at radius 1 is 0.857 bits per heavy atom. The average Bonchev–Trinajstić information content (AvgIpc) is 2.67. The molecule has 0 aliphatic heterocycles. The van der Waals surface area contributed by atoms with Crippen molar-refractivity contribution in [1.82, 2.24) is 5.32 Å². The van der Waals surface area contributed by atoms with Crippen molar-refractivity contribution in [2.75, 3.05) is 0 Å². The minimum atomic E-state index is 0.250. The van der Waals surface area contributed by atoms with Crippen molar-refractivity contribution in [3.63, 3.8) is 0 Å². The molecule has 0 heterocycles. The van der Waals surface area contributed by atoms with Gasteiger partial charge in [0.2, 0.25) is 0 Å². The average molecular weight is 384 g/mol. The van der Waals surface area contributed by atoms with Crippen molar-refractivity contribution in [3.8, 4) is 0 Å². The van der Waals surface area contributed by atoms with Gasteiger partial charge in [0.25, 0.3) is 0 Å². The summed E-state index contributed by atoms with van der Waals surface area (Å²) in [6.45, 7) is 10.3. The molecule has 0 bridgehead atoms. The van der Waals surface area contributed by atoms with Gasteiger partial charge in [0.1, 0.15) is 0 Å². The smallest absolute Gasteiger partial charge is 0.0208 e. The molecular formula is C27H45N. The molecule has 2 unspecified atom stereocenters. The van der Waals surface area contributed by atoms with Crippen LogP contribution in [0.1, 0.15) is 109 Å². The number of hydrogen-bond donors (Lipinski definition) is 1. The quantitative estimate of drug-likeness (QED) is 0.510. The van der Waals surface area contributed by atoms with Crippen molar-refractivity contribution in [3.05, 3.63) is 35.4 Å². The zero-order valence-corrected chi connectivity index (χ0v) is 19.1. The predicted octanol–water partition coefficient (Wildman–Crippen LogP) is 7.63. The molecule has 1 N–H and O–H groups in total. The Balaban J connectivity index is 1.30. The molecule has 2 fully saturated rings. The molecular weight excluding hydrogens is 338 g/mol. The maximum absolute atomic E-state index is 3.83. The van der Waals surface area contributed by atoms with Gasteiger partial charge in [-0.3, -0.25) is 0 Å². The fraction of sp³-hybridized carbons (Fsp3) is 0.778. The summed E-state index contributed by atoms with van der Waals surface area (Å²) in [6, 6.07) is 9.97. The first-order valence-electron chi connectivity index (χ1n) is 12.2. The fourth-order valence-corrected chi connectivity index (χ4v) is 5.56. The molecule has 1 nitrogen and oxygen atoms in total. The van der Waals surface area contributed by atoms with E-state index in [2.05, 4.69) is 57.3 Å². The second-order valence-electron chi connectivity index (χ2n) is 11.1. The van der Waals surface area contributed by atoms with E-state index in [-0.39, 0.29) is 5.41 Å². The second kappa shape index (κ2) is 10.3. The molecule has 0 spiro atoms. The first-order valence-corrected chi connectivity index (χ1v) is 12.2. The molecule has 28 heavy (non-hydrogen) atoms. The van der Waals surface area contributed by atoms with Gasteiger partial charge >= 0.3 is 0 Å². The van der Waals surface area contributed by atoms with E-state index < -0.39 is 0 Å². The van der Waals surface area contributed by atoms with Gasteiger partial charge in [0, 0.05) is 12.6 Å².